The molecular weight excluding hydrogens is 242 g/mol. The average molecular weight is 257 g/mol. The Balaban J connectivity index is 1.86. The Hall–Kier alpha value is -1.61. The summed E-state index contributed by atoms with van der Waals surface area (Å²) in [5, 5.41) is 5.22. The number of benzene rings is 1. The Morgan fingerprint density at radius 3 is 2.56 bits per heavy atom. The molecule has 1 heterocycles. The lowest BCUT2D eigenvalue weighted by Gasteiger charge is -2.18. The minimum absolute atomic E-state index is 0.000648. The molecule has 0 bridgehead atoms. The van der Waals surface area contributed by atoms with Gasteiger partial charge in [0, 0.05) is 10.8 Å². The number of hydrogen-bond donors (Lipinski definition) is 1. The Morgan fingerprint density at radius 1 is 1.17 bits per heavy atom. The van der Waals surface area contributed by atoms with E-state index in [4.69, 9.17) is 0 Å². The maximum absolute atomic E-state index is 12.0. The van der Waals surface area contributed by atoms with Crippen LogP contribution in [0.5, 0.6) is 0 Å². The first-order valence-corrected chi connectivity index (χ1v) is 7.11. The number of amides is 1. The van der Waals surface area contributed by atoms with Crippen LogP contribution in [0.1, 0.15) is 29.3 Å². The van der Waals surface area contributed by atoms with Gasteiger partial charge in [0.25, 0.3) is 0 Å². The van der Waals surface area contributed by atoms with E-state index in [0.29, 0.717) is 0 Å². The lowest BCUT2D eigenvalue weighted by atomic mass is 10.1. The highest BCUT2D eigenvalue weighted by Crippen LogP contribution is 2.32. The van der Waals surface area contributed by atoms with Crippen molar-refractivity contribution >= 4 is 17.2 Å². The largest absolute Gasteiger partial charge is 0.344 e. The molecule has 1 atom stereocenters. The maximum atomic E-state index is 12.0. The van der Waals surface area contributed by atoms with Crippen LogP contribution in [-0.4, -0.2) is 5.91 Å². The molecule has 3 heteroatoms. The molecule has 0 saturated heterocycles. The molecule has 1 aromatic heterocycles. The third-order valence-electron chi connectivity index (χ3n) is 3.20. The predicted molar refractivity (Wildman–Crippen MR) is 73.5 cm³/mol. The SMILES string of the molecule is O=C(N[C@@H](c1ccccc1)c1cccs1)C1CC1. The fourth-order valence-electron chi connectivity index (χ4n) is 2.03. The monoisotopic (exact) mass is 257 g/mol. The second-order valence-corrected chi connectivity index (χ2v) is 5.62. The van der Waals surface area contributed by atoms with Crippen molar-refractivity contribution in [1.29, 1.82) is 0 Å². The molecule has 0 aliphatic heterocycles. The summed E-state index contributed by atoms with van der Waals surface area (Å²) < 4.78 is 0. The lowest BCUT2D eigenvalue weighted by molar-refractivity contribution is -0.122. The minimum Gasteiger partial charge on any atom is -0.344 e. The van der Waals surface area contributed by atoms with Crippen LogP contribution in [-0.2, 0) is 4.79 Å². The van der Waals surface area contributed by atoms with E-state index in [-0.39, 0.29) is 17.9 Å². The third-order valence-corrected chi connectivity index (χ3v) is 4.13. The summed E-state index contributed by atoms with van der Waals surface area (Å²) in [5.74, 6) is 0.438. The molecule has 1 aliphatic rings. The van der Waals surface area contributed by atoms with Gasteiger partial charge in [0.15, 0.2) is 0 Å². The van der Waals surface area contributed by atoms with Crippen molar-refractivity contribution in [2.24, 2.45) is 5.92 Å². The molecule has 2 nitrogen and oxygen atoms in total. The van der Waals surface area contributed by atoms with Gasteiger partial charge in [-0.1, -0.05) is 36.4 Å². The number of hydrogen-bond acceptors (Lipinski definition) is 2. The number of thiophene rings is 1. The first-order chi connectivity index (χ1) is 8.84. The van der Waals surface area contributed by atoms with Crippen molar-refractivity contribution in [2.45, 2.75) is 18.9 Å². The zero-order valence-corrected chi connectivity index (χ0v) is 10.8. The van der Waals surface area contributed by atoms with Gasteiger partial charge in [-0.15, -0.1) is 11.3 Å². The summed E-state index contributed by atoms with van der Waals surface area (Å²) in [6.45, 7) is 0. The summed E-state index contributed by atoms with van der Waals surface area (Å²) >= 11 is 1.69. The standard InChI is InChI=1S/C15H15NOS/c17-15(12-8-9-12)16-14(13-7-4-10-18-13)11-5-2-1-3-6-11/h1-7,10,12,14H,8-9H2,(H,16,17)/t14-/m0/s1. The first kappa shape index (κ1) is 11.5. The summed E-state index contributed by atoms with van der Waals surface area (Å²) in [6, 6.07) is 14.3. The Morgan fingerprint density at radius 2 is 1.94 bits per heavy atom. The smallest absolute Gasteiger partial charge is 0.223 e. The molecule has 0 unspecified atom stereocenters. The van der Waals surface area contributed by atoms with E-state index < -0.39 is 0 Å². The van der Waals surface area contributed by atoms with Gasteiger partial charge in [0.05, 0.1) is 6.04 Å². The van der Waals surface area contributed by atoms with Crippen LogP contribution >= 0.6 is 11.3 Å². The zero-order valence-electron chi connectivity index (χ0n) is 10.0. The topological polar surface area (TPSA) is 29.1 Å². The zero-order chi connectivity index (χ0) is 12.4. The van der Waals surface area contributed by atoms with Gasteiger partial charge in [-0.3, -0.25) is 4.79 Å². The van der Waals surface area contributed by atoms with E-state index >= 15 is 0 Å². The molecule has 1 N–H and O–H groups in total. The molecule has 3 rings (SSSR count). The van der Waals surface area contributed by atoms with E-state index in [9.17, 15) is 4.79 Å². The molecule has 1 aromatic carbocycles. The molecule has 1 aliphatic carbocycles. The number of nitrogens with one attached hydrogen (secondary N) is 1. The third kappa shape index (κ3) is 2.46. The molecule has 0 spiro atoms. The number of carbonyl (C=O) groups excluding carboxylic acids is 1. The Kier molecular flexibility index (Phi) is 3.15. The van der Waals surface area contributed by atoms with Gasteiger partial charge in [-0.25, -0.2) is 0 Å². The van der Waals surface area contributed by atoms with Gasteiger partial charge in [-0.2, -0.15) is 0 Å². The molecule has 92 valence electrons. The fraction of sp³-hybridized carbons (Fsp3) is 0.267. The van der Waals surface area contributed by atoms with Crippen molar-refractivity contribution < 1.29 is 4.79 Å². The van der Waals surface area contributed by atoms with Crippen LogP contribution in [0.3, 0.4) is 0 Å². The van der Waals surface area contributed by atoms with Gasteiger partial charge in [0.2, 0.25) is 5.91 Å². The van der Waals surface area contributed by atoms with Gasteiger partial charge in [0.1, 0.15) is 0 Å². The van der Waals surface area contributed by atoms with Crippen LogP contribution in [0.15, 0.2) is 47.8 Å². The molecule has 1 amide bonds. The van der Waals surface area contributed by atoms with Crippen molar-refractivity contribution in [3.05, 3.63) is 58.3 Å². The summed E-state index contributed by atoms with van der Waals surface area (Å²) in [5.41, 5.74) is 1.15. The van der Waals surface area contributed by atoms with Crippen molar-refractivity contribution in [1.82, 2.24) is 5.32 Å². The first-order valence-electron chi connectivity index (χ1n) is 6.23. The summed E-state index contributed by atoms with van der Waals surface area (Å²) in [4.78, 5) is 13.2. The highest BCUT2D eigenvalue weighted by Gasteiger charge is 2.31. The van der Waals surface area contributed by atoms with E-state index in [1.807, 2.05) is 24.3 Å². The molecule has 2 aromatic rings. The van der Waals surface area contributed by atoms with Gasteiger partial charge < -0.3 is 5.32 Å². The second kappa shape index (κ2) is 4.94. The maximum Gasteiger partial charge on any atom is 0.223 e. The number of carbonyl (C=O) groups is 1. The van der Waals surface area contributed by atoms with Crippen molar-refractivity contribution in [3.8, 4) is 0 Å². The van der Waals surface area contributed by atoms with Crippen molar-refractivity contribution in [3.63, 3.8) is 0 Å². The quantitative estimate of drug-likeness (QED) is 0.894. The average Bonchev–Trinajstić information content (AvgIpc) is 3.13. The molecule has 1 saturated carbocycles. The van der Waals surface area contributed by atoms with E-state index in [1.54, 1.807) is 11.3 Å². The second-order valence-electron chi connectivity index (χ2n) is 4.64. The van der Waals surface area contributed by atoms with Crippen molar-refractivity contribution in [2.75, 3.05) is 0 Å². The lowest BCUT2D eigenvalue weighted by Crippen LogP contribution is -2.29. The minimum atomic E-state index is -0.000648. The van der Waals surface area contributed by atoms with Crippen LogP contribution in [0.4, 0.5) is 0 Å². The molecular formula is C15H15NOS. The highest BCUT2D eigenvalue weighted by atomic mass is 32.1. The van der Waals surface area contributed by atoms with Crippen LogP contribution < -0.4 is 5.32 Å². The molecule has 1 fully saturated rings. The fourth-order valence-corrected chi connectivity index (χ4v) is 2.83. The highest BCUT2D eigenvalue weighted by molar-refractivity contribution is 7.10. The summed E-state index contributed by atoms with van der Waals surface area (Å²) in [7, 11) is 0. The van der Waals surface area contributed by atoms with E-state index in [0.717, 1.165) is 18.4 Å². The van der Waals surface area contributed by atoms with E-state index in [2.05, 4.69) is 28.9 Å². The molecule has 18 heavy (non-hydrogen) atoms. The van der Waals surface area contributed by atoms with Crippen LogP contribution in [0.2, 0.25) is 0 Å². The Bertz CT molecular complexity index is 517. The molecule has 0 radical (unpaired) electrons. The van der Waals surface area contributed by atoms with Gasteiger partial charge in [-0.05, 0) is 29.9 Å². The normalized spacial score (nSPS) is 16.2. The summed E-state index contributed by atoms with van der Waals surface area (Å²) in [6.07, 6.45) is 2.08. The Labute approximate surface area is 111 Å². The van der Waals surface area contributed by atoms with E-state index in [1.165, 1.54) is 4.88 Å². The van der Waals surface area contributed by atoms with Crippen LogP contribution in [0.25, 0.3) is 0 Å². The predicted octanol–water partition coefficient (Wildman–Crippen LogP) is 3.36. The van der Waals surface area contributed by atoms with Crippen LogP contribution in [0, 0.1) is 5.92 Å². The number of rotatable bonds is 4. The van der Waals surface area contributed by atoms with Gasteiger partial charge >= 0.3 is 0 Å².